The zero-order valence-electron chi connectivity index (χ0n) is 18.0. The van der Waals surface area contributed by atoms with E-state index in [4.69, 9.17) is 9.47 Å². The van der Waals surface area contributed by atoms with Crippen LogP contribution in [0.4, 0.5) is 13.2 Å². The van der Waals surface area contributed by atoms with Gasteiger partial charge in [-0.25, -0.2) is 0 Å². The van der Waals surface area contributed by atoms with Crippen molar-refractivity contribution in [2.45, 2.75) is 39.4 Å². The second-order valence-corrected chi connectivity index (χ2v) is 7.69. The number of rotatable bonds is 4. The number of carbonyl (C=O) groups excluding carboxylic acids is 2. The molecule has 0 spiro atoms. The number of nitrogens with zero attached hydrogens (tertiary/aromatic N) is 1. The highest BCUT2D eigenvalue weighted by molar-refractivity contribution is 6.02. The number of aryl methyl sites for hydroxylation is 3. The molecule has 0 N–H and O–H groups in total. The maximum Gasteiger partial charge on any atom is 0.452 e. The Kier molecular flexibility index (Phi) is 6.02. The van der Waals surface area contributed by atoms with Gasteiger partial charge in [0.2, 0.25) is 0 Å². The number of hydrogen-bond donors (Lipinski definition) is 0. The summed E-state index contributed by atoms with van der Waals surface area (Å²) in [7, 11) is 2.78. The molecule has 5 nitrogen and oxygen atoms in total. The van der Waals surface area contributed by atoms with Crippen LogP contribution in [0.25, 0.3) is 0 Å². The zero-order valence-corrected chi connectivity index (χ0v) is 18.0. The molecule has 1 unspecified atom stereocenters. The lowest BCUT2D eigenvalue weighted by Crippen LogP contribution is -2.47. The van der Waals surface area contributed by atoms with Crippen molar-refractivity contribution in [3.63, 3.8) is 0 Å². The number of amides is 1. The lowest BCUT2D eigenvalue weighted by Gasteiger charge is -2.37. The molecule has 1 aliphatic heterocycles. The largest absolute Gasteiger partial charge is 0.493 e. The SMILES string of the molecule is COc1cc2c(cc1OC)C(C(=O)C(F)(F)F)N(C(=O)c1c(C)cc(C)cc1C)CC2. The van der Waals surface area contributed by atoms with Crippen molar-refractivity contribution < 1.29 is 32.2 Å². The fourth-order valence-corrected chi connectivity index (χ4v) is 4.26. The molecule has 31 heavy (non-hydrogen) atoms. The van der Waals surface area contributed by atoms with Crippen LogP contribution in [0, 0.1) is 20.8 Å². The first kappa shape index (κ1) is 22.7. The van der Waals surface area contributed by atoms with Gasteiger partial charge >= 0.3 is 6.18 Å². The predicted molar refractivity (Wildman–Crippen MR) is 109 cm³/mol. The van der Waals surface area contributed by atoms with E-state index in [-0.39, 0.29) is 24.3 Å². The van der Waals surface area contributed by atoms with Gasteiger partial charge in [0.15, 0.2) is 11.5 Å². The molecule has 3 rings (SSSR count). The quantitative estimate of drug-likeness (QED) is 0.710. The van der Waals surface area contributed by atoms with Crippen molar-refractivity contribution in [2.75, 3.05) is 20.8 Å². The van der Waals surface area contributed by atoms with Crippen LogP contribution in [-0.4, -0.2) is 43.5 Å². The van der Waals surface area contributed by atoms with Crippen LogP contribution in [0.15, 0.2) is 24.3 Å². The van der Waals surface area contributed by atoms with Gasteiger partial charge in [-0.3, -0.25) is 9.59 Å². The molecule has 0 bridgehead atoms. The number of methoxy groups -OCH3 is 2. The maximum absolute atomic E-state index is 13.6. The smallest absolute Gasteiger partial charge is 0.452 e. The average Bonchev–Trinajstić information content (AvgIpc) is 2.69. The van der Waals surface area contributed by atoms with Crippen LogP contribution in [-0.2, 0) is 11.2 Å². The Hall–Kier alpha value is -3.03. The predicted octanol–water partition coefficient (Wildman–Crippen LogP) is 4.50. The number of ketones is 1. The van der Waals surface area contributed by atoms with E-state index < -0.39 is 23.9 Å². The van der Waals surface area contributed by atoms with Gasteiger partial charge in [0.05, 0.1) is 14.2 Å². The van der Waals surface area contributed by atoms with Gasteiger partial charge in [-0.05, 0) is 61.6 Å². The first-order valence-corrected chi connectivity index (χ1v) is 9.74. The number of ether oxygens (including phenoxy) is 2. The molecule has 0 radical (unpaired) electrons. The van der Waals surface area contributed by atoms with E-state index in [1.807, 2.05) is 6.92 Å². The Bertz CT molecular complexity index is 1020. The van der Waals surface area contributed by atoms with Crippen molar-refractivity contribution in [1.29, 1.82) is 0 Å². The lowest BCUT2D eigenvalue weighted by molar-refractivity contribution is -0.176. The minimum Gasteiger partial charge on any atom is -0.493 e. The molecule has 2 aromatic rings. The summed E-state index contributed by atoms with van der Waals surface area (Å²) < 4.78 is 51.2. The number of Topliss-reactive ketones (excluding diaryl/α,β-unsaturated/α-hetero) is 1. The van der Waals surface area contributed by atoms with Crippen LogP contribution in [0.1, 0.15) is 44.2 Å². The van der Waals surface area contributed by atoms with Gasteiger partial charge in [0.25, 0.3) is 11.7 Å². The molecule has 1 amide bonds. The molecule has 1 heterocycles. The van der Waals surface area contributed by atoms with Crippen molar-refractivity contribution in [3.8, 4) is 11.5 Å². The molecule has 0 fully saturated rings. The number of fused-ring (bicyclic) bond motifs is 1. The zero-order chi connectivity index (χ0) is 23.1. The molecule has 166 valence electrons. The minimum absolute atomic E-state index is 0.0272. The third-order valence-electron chi connectivity index (χ3n) is 5.55. The van der Waals surface area contributed by atoms with E-state index in [0.717, 1.165) is 10.5 Å². The van der Waals surface area contributed by atoms with E-state index in [2.05, 4.69) is 0 Å². The van der Waals surface area contributed by atoms with E-state index in [9.17, 15) is 22.8 Å². The molecule has 0 saturated carbocycles. The van der Waals surface area contributed by atoms with Gasteiger partial charge in [-0.1, -0.05) is 17.7 Å². The average molecular weight is 435 g/mol. The number of benzene rings is 2. The Balaban J connectivity index is 2.18. The number of carbonyl (C=O) groups is 2. The van der Waals surface area contributed by atoms with E-state index in [1.54, 1.807) is 32.0 Å². The summed E-state index contributed by atoms with van der Waals surface area (Å²) in [6.45, 7) is 5.32. The Morgan fingerprint density at radius 3 is 2.03 bits per heavy atom. The highest BCUT2D eigenvalue weighted by atomic mass is 19.4. The van der Waals surface area contributed by atoms with Crippen LogP contribution >= 0.6 is 0 Å². The van der Waals surface area contributed by atoms with Gasteiger partial charge in [-0.15, -0.1) is 0 Å². The summed E-state index contributed by atoms with van der Waals surface area (Å²) in [5.41, 5.74) is 3.17. The topological polar surface area (TPSA) is 55.8 Å². The lowest BCUT2D eigenvalue weighted by atomic mass is 9.88. The molecular formula is C23H24F3NO4. The third kappa shape index (κ3) is 4.11. The van der Waals surface area contributed by atoms with Crippen molar-refractivity contribution in [3.05, 3.63) is 57.6 Å². The second-order valence-electron chi connectivity index (χ2n) is 7.69. The van der Waals surface area contributed by atoms with Gasteiger partial charge in [0, 0.05) is 12.1 Å². The molecule has 1 aliphatic rings. The summed E-state index contributed by atoms with van der Waals surface area (Å²) in [4.78, 5) is 27.0. The maximum atomic E-state index is 13.6. The Morgan fingerprint density at radius 1 is 0.968 bits per heavy atom. The Labute approximate surface area is 178 Å². The monoisotopic (exact) mass is 435 g/mol. The summed E-state index contributed by atoms with van der Waals surface area (Å²) in [5, 5.41) is 0. The van der Waals surface area contributed by atoms with Crippen molar-refractivity contribution in [1.82, 2.24) is 4.90 Å². The highest BCUT2D eigenvalue weighted by Crippen LogP contribution is 2.41. The number of hydrogen-bond acceptors (Lipinski definition) is 4. The normalized spacial score (nSPS) is 16.0. The summed E-state index contributed by atoms with van der Waals surface area (Å²) in [6, 6.07) is 4.72. The highest BCUT2D eigenvalue weighted by Gasteiger charge is 2.49. The van der Waals surface area contributed by atoms with E-state index >= 15 is 0 Å². The molecule has 0 aliphatic carbocycles. The summed E-state index contributed by atoms with van der Waals surface area (Å²) >= 11 is 0. The van der Waals surface area contributed by atoms with Crippen molar-refractivity contribution in [2.24, 2.45) is 0 Å². The molecule has 0 saturated heterocycles. The van der Waals surface area contributed by atoms with Gasteiger partial charge in [0.1, 0.15) is 6.04 Å². The first-order valence-electron chi connectivity index (χ1n) is 9.74. The van der Waals surface area contributed by atoms with Crippen LogP contribution in [0.5, 0.6) is 11.5 Å². The van der Waals surface area contributed by atoms with Gasteiger partial charge < -0.3 is 14.4 Å². The van der Waals surface area contributed by atoms with Crippen LogP contribution < -0.4 is 9.47 Å². The summed E-state index contributed by atoms with van der Waals surface area (Å²) in [6.07, 6.45) is -4.82. The molecule has 1 atom stereocenters. The fraction of sp³-hybridized carbons (Fsp3) is 0.391. The van der Waals surface area contributed by atoms with Gasteiger partial charge in [-0.2, -0.15) is 13.2 Å². The Morgan fingerprint density at radius 2 is 1.52 bits per heavy atom. The van der Waals surface area contributed by atoms with E-state index in [0.29, 0.717) is 28.0 Å². The van der Waals surface area contributed by atoms with Crippen molar-refractivity contribution >= 4 is 11.7 Å². The number of alkyl halides is 3. The fourth-order valence-electron chi connectivity index (χ4n) is 4.26. The standard InChI is InChI=1S/C23H24F3NO4/c1-12-8-13(2)19(14(3)9-12)22(29)27-7-6-15-10-17(30-4)18(31-5)11-16(15)20(27)21(28)23(24,25)26/h8-11,20H,6-7H2,1-5H3. The van der Waals surface area contributed by atoms with Crippen LogP contribution in [0.2, 0.25) is 0 Å². The molecule has 0 aromatic heterocycles. The molecule has 2 aromatic carbocycles. The second kappa shape index (κ2) is 8.24. The number of halogens is 3. The minimum atomic E-state index is -5.11. The molecule has 8 heteroatoms. The van der Waals surface area contributed by atoms with E-state index in [1.165, 1.54) is 20.3 Å². The third-order valence-corrected chi connectivity index (χ3v) is 5.55. The molecular weight excluding hydrogens is 411 g/mol. The van der Waals surface area contributed by atoms with Crippen LogP contribution in [0.3, 0.4) is 0 Å². The first-order chi connectivity index (χ1) is 14.5. The summed E-state index contributed by atoms with van der Waals surface area (Å²) in [5.74, 6) is -2.04.